The van der Waals surface area contributed by atoms with Crippen molar-refractivity contribution in [3.63, 3.8) is 0 Å². The fourth-order valence-electron chi connectivity index (χ4n) is 3.84. The Hall–Kier alpha value is -2.72. The van der Waals surface area contributed by atoms with Crippen LogP contribution in [0.2, 0.25) is 0 Å². The van der Waals surface area contributed by atoms with Crippen LogP contribution in [0, 0.1) is 11.7 Å². The Labute approximate surface area is 173 Å². The van der Waals surface area contributed by atoms with Gasteiger partial charge in [0.1, 0.15) is 11.6 Å². The summed E-state index contributed by atoms with van der Waals surface area (Å²) in [4.78, 5) is 28.4. The van der Waals surface area contributed by atoms with E-state index in [1.165, 1.54) is 22.7 Å². The summed E-state index contributed by atoms with van der Waals surface area (Å²) in [5.41, 5.74) is 0. The lowest BCUT2D eigenvalue weighted by molar-refractivity contribution is -0.137. The third-order valence-corrected chi connectivity index (χ3v) is 7.41. The van der Waals surface area contributed by atoms with Crippen molar-refractivity contribution in [2.45, 2.75) is 17.9 Å². The first kappa shape index (κ1) is 20.5. The van der Waals surface area contributed by atoms with Crippen LogP contribution < -0.4 is 0 Å². The highest BCUT2D eigenvalue weighted by Crippen LogP contribution is 2.24. The molecule has 2 aliphatic heterocycles. The predicted molar refractivity (Wildman–Crippen MR) is 104 cm³/mol. The first-order chi connectivity index (χ1) is 14.3. The maximum Gasteiger partial charge on any atom is 0.243 e. The van der Waals surface area contributed by atoms with Crippen molar-refractivity contribution in [3.8, 4) is 0 Å². The summed E-state index contributed by atoms with van der Waals surface area (Å²) in [6.45, 7) is 1.47. The highest BCUT2D eigenvalue weighted by atomic mass is 32.2. The van der Waals surface area contributed by atoms with Crippen molar-refractivity contribution in [1.29, 1.82) is 0 Å². The van der Waals surface area contributed by atoms with Gasteiger partial charge in [0.15, 0.2) is 0 Å². The molecule has 0 N–H and O–H groups in total. The number of furan rings is 1. The fraction of sp³-hybridized carbons (Fsp3) is 0.400. The van der Waals surface area contributed by atoms with E-state index >= 15 is 0 Å². The van der Waals surface area contributed by atoms with Crippen LogP contribution in [-0.4, -0.2) is 67.1 Å². The quantitative estimate of drug-likeness (QED) is 0.706. The second-order valence-electron chi connectivity index (χ2n) is 7.44. The number of benzene rings is 1. The number of nitrogens with zero attached hydrogens (tertiary/aromatic N) is 3. The van der Waals surface area contributed by atoms with Crippen molar-refractivity contribution in [3.05, 3.63) is 54.2 Å². The summed E-state index contributed by atoms with van der Waals surface area (Å²) in [5, 5.41) is 0. The predicted octanol–water partition coefficient (Wildman–Crippen LogP) is 1.30. The molecule has 10 heteroatoms. The summed E-state index contributed by atoms with van der Waals surface area (Å²) < 4.78 is 45.1. The zero-order chi connectivity index (χ0) is 21.3. The van der Waals surface area contributed by atoms with E-state index in [9.17, 15) is 22.4 Å². The normalized spacial score (nSPS) is 20.7. The molecule has 160 valence electrons. The number of carbonyl (C=O) groups excluding carboxylic acids is 2. The van der Waals surface area contributed by atoms with E-state index in [1.807, 2.05) is 0 Å². The third-order valence-electron chi connectivity index (χ3n) is 5.49. The third kappa shape index (κ3) is 4.10. The number of hydrogen-bond donors (Lipinski definition) is 0. The molecular formula is C20H22FN3O5S. The van der Waals surface area contributed by atoms with E-state index < -0.39 is 21.8 Å². The van der Waals surface area contributed by atoms with Gasteiger partial charge in [0.2, 0.25) is 21.8 Å². The molecular weight excluding hydrogens is 413 g/mol. The molecule has 8 nitrogen and oxygen atoms in total. The molecule has 30 heavy (non-hydrogen) atoms. The number of piperazine rings is 1. The molecule has 0 saturated carbocycles. The maximum absolute atomic E-state index is 13.1. The van der Waals surface area contributed by atoms with Gasteiger partial charge in [-0.05, 0) is 36.4 Å². The minimum atomic E-state index is -3.74. The Bertz CT molecular complexity index is 1020. The lowest BCUT2D eigenvalue weighted by Crippen LogP contribution is -2.52. The van der Waals surface area contributed by atoms with Gasteiger partial charge in [0.05, 0.1) is 23.6 Å². The number of halogens is 1. The molecule has 0 radical (unpaired) electrons. The Morgan fingerprint density at radius 3 is 2.43 bits per heavy atom. The van der Waals surface area contributed by atoms with Gasteiger partial charge < -0.3 is 14.2 Å². The molecule has 1 atom stereocenters. The van der Waals surface area contributed by atoms with Crippen molar-refractivity contribution < 1.29 is 26.8 Å². The van der Waals surface area contributed by atoms with Gasteiger partial charge in [-0.3, -0.25) is 9.59 Å². The maximum atomic E-state index is 13.1. The minimum Gasteiger partial charge on any atom is -0.467 e. The molecule has 2 aliphatic rings. The van der Waals surface area contributed by atoms with Crippen LogP contribution in [0.1, 0.15) is 12.2 Å². The largest absolute Gasteiger partial charge is 0.467 e. The Kier molecular flexibility index (Phi) is 5.61. The monoisotopic (exact) mass is 435 g/mol. The second kappa shape index (κ2) is 8.19. The summed E-state index contributed by atoms with van der Waals surface area (Å²) >= 11 is 0. The first-order valence-corrected chi connectivity index (χ1v) is 11.1. The fourth-order valence-corrected chi connectivity index (χ4v) is 5.27. The van der Waals surface area contributed by atoms with Gasteiger partial charge in [-0.1, -0.05) is 0 Å². The standard InChI is InChI=1S/C20H22FN3O5S/c21-16-3-5-18(6-4-16)30(27,28)24-9-7-22(8-10-24)20(26)15-12-19(25)23(13-15)14-17-2-1-11-29-17/h1-6,11,15H,7-10,12-14H2/t15-/m0/s1. The minimum absolute atomic E-state index is 0.0265. The summed E-state index contributed by atoms with van der Waals surface area (Å²) in [7, 11) is -3.74. The molecule has 2 amide bonds. The molecule has 0 spiro atoms. The smallest absolute Gasteiger partial charge is 0.243 e. The average molecular weight is 435 g/mol. The van der Waals surface area contributed by atoms with Gasteiger partial charge in [0, 0.05) is 39.1 Å². The average Bonchev–Trinajstić information content (AvgIpc) is 3.38. The molecule has 2 saturated heterocycles. The van der Waals surface area contributed by atoms with Gasteiger partial charge in [-0.25, -0.2) is 12.8 Å². The number of hydrogen-bond acceptors (Lipinski definition) is 5. The Balaban J connectivity index is 1.34. The SMILES string of the molecule is O=C1C[C@H](C(=O)N2CCN(S(=O)(=O)c3ccc(F)cc3)CC2)CN1Cc1ccco1. The van der Waals surface area contributed by atoms with E-state index in [4.69, 9.17) is 4.42 Å². The number of carbonyl (C=O) groups is 2. The number of likely N-dealkylation sites (tertiary alicyclic amines) is 1. The van der Waals surface area contributed by atoms with Crippen LogP contribution in [0.15, 0.2) is 52.0 Å². The topological polar surface area (TPSA) is 91.1 Å². The molecule has 0 unspecified atom stereocenters. The van der Waals surface area contributed by atoms with Crippen LogP contribution in [0.5, 0.6) is 0 Å². The summed E-state index contributed by atoms with van der Waals surface area (Å²) in [5.74, 6) is -0.508. The van der Waals surface area contributed by atoms with E-state index in [0.29, 0.717) is 18.8 Å². The molecule has 0 aliphatic carbocycles. The van der Waals surface area contributed by atoms with E-state index in [0.717, 1.165) is 12.1 Å². The van der Waals surface area contributed by atoms with Gasteiger partial charge in [-0.2, -0.15) is 4.31 Å². The highest BCUT2D eigenvalue weighted by molar-refractivity contribution is 7.89. The van der Waals surface area contributed by atoms with Crippen LogP contribution in [0.4, 0.5) is 4.39 Å². The van der Waals surface area contributed by atoms with Crippen LogP contribution in [0.25, 0.3) is 0 Å². The van der Waals surface area contributed by atoms with E-state index in [-0.39, 0.29) is 49.3 Å². The zero-order valence-electron chi connectivity index (χ0n) is 16.2. The van der Waals surface area contributed by atoms with Gasteiger partial charge >= 0.3 is 0 Å². The van der Waals surface area contributed by atoms with Gasteiger partial charge in [-0.15, -0.1) is 0 Å². The molecule has 0 bridgehead atoms. The molecule has 1 aromatic carbocycles. The zero-order valence-corrected chi connectivity index (χ0v) is 17.1. The van der Waals surface area contributed by atoms with E-state index in [1.54, 1.807) is 21.9 Å². The molecule has 2 aromatic rings. The molecule has 3 heterocycles. The van der Waals surface area contributed by atoms with Crippen LogP contribution in [-0.2, 0) is 26.2 Å². The van der Waals surface area contributed by atoms with Crippen molar-refractivity contribution in [2.24, 2.45) is 5.92 Å². The highest BCUT2D eigenvalue weighted by Gasteiger charge is 2.38. The van der Waals surface area contributed by atoms with Crippen LogP contribution in [0.3, 0.4) is 0 Å². The molecule has 2 fully saturated rings. The molecule has 4 rings (SSSR count). The lowest BCUT2D eigenvalue weighted by Gasteiger charge is -2.35. The summed E-state index contributed by atoms with van der Waals surface area (Å²) in [6, 6.07) is 8.22. The Morgan fingerprint density at radius 2 is 1.80 bits per heavy atom. The van der Waals surface area contributed by atoms with Crippen molar-refractivity contribution in [2.75, 3.05) is 32.7 Å². The van der Waals surface area contributed by atoms with E-state index in [2.05, 4.69) is 0 Å². The second-order valence-corrected chi connectivity index (χ2v) is 9.38. The summed E-state index contributed by atoms with van der Waals surface area (Å²) in [6.07, 6.45) is 1.69. The Morgan fingerprint density at radius 1 is 1.10 bits per heavy atom. The molecule has 1 aromatic heterocycles. The number of rotatable bonds is 5. The van der Waals surface area contributed by atoms with Crippen molar-refractivity contribution >= 4 is 21.8 Å². The lowest BCUT2D eigenvalue weighted by atomic mass is 10.1. The first-order valence-electron chi connectivity index (χ1n) is 9.69. The number of sulfonamides is 1. The van der Waals surface area contributed by atoms with Crippen LogP contribution >= 0.6 is 0 Å². The number of amides is 2. The van der Waals surface area contributed by atoms with Crippen molar-refractivity contribution in [1.82, 2.24) is 14.1 Å². The van der Waals surface area contributed by atoms with Gasteiger partial charge in [0.25, 0.3) is 0 Å².